The molecule has 55 heavy (non-hydrogen) atoms. The molecule has 9 nitrogen and oxygen atoms in total. The third-order valence-electron chi connectivity index (χ3n) is 9.24. The quantitative estimate of drug-likeness (QED) is 0.0863. The van der Waals surface area contributed by atoms with Crippen LogP contribution in [-0.4, -0.2) is 68.8 Å². The summed E-state index contributed by atoms with van der Waals surface area (Å²) in [5.41, 5.74) is 3.79. The van der Waals surface area contributed by atoms with E-state index in [1.54, 1.807) is 71.8 Å². The van der Waals surface area contributed by atoms with Crippen LogP contribution in [-0.2, 0) is 36.4 Å². The molecule has 4 aromatic carbocycles. The fourth-order valence-corrected chi connectivity index (χ4v) is 7.02. The molecule has 1 saturated carbocycles. The fourth-order valence-electron chi connectivity index (χ4n) is 6.07. The maximum atomic E-state index is 15.3. The van der Waals surface area contributed by atoms with E-state index in [9.17, 15) is 9.59 Å². The summed E-state index contributed by atoms with van der Waals surface area (Å²) in [5, 5.41) is 10.6. The first-order valence-electron chi connectivity index (χ1n) is 17.3. The topological polar surface area (TPSA) is 108 Å². The molecule has 2 heterocycles. The smallest absolute Gasteiger partial charge is 0.188 e. The highest BCUT2D eigenvalue weighted by Crippen LogP contribution is 2.32. The first-order chi connectivity index (χ1) is 26.4. The van der Waals surface area contributed by atoms with Crippen LogP contribution in [0.15, 0.2) is 61.2 Å². The van der Waals surface area contributed by atoms with E-state index >= 15 is 8.78 Å². The Labute approximate surface area is 335 Å². The number of ether oxygens (including phenoxy) is 2. The lowest BCUT2D eigenvalue weighted by Crippen LogP contribution is -2.15. The van der Waals surface area contributed by atoms with Gasteiger partial charge in [-0.2, -0.15) is 0 Å². The van der Waals surface area contributed by atoms with E-state index in [1.807, 2.05) is 0 Å². The van der Waals surface area contributed by atoms with Crippen LogP contribution >= 0.6 is 46.4 Å². The van der Waals surface area contributed by atoms with Crippen molar-refractivity contribution >= 4 is 80.0 Å². The third kappa shape index (κ3) is 9.55. The van der Waals surface area contributed by atoms with Crippen LogP contribution in [0.1, 0.15) is 55.8 Å². The van der Waals surface area contributed by atoms with Crippen LogP contribution < -0.4 is 0 Å². The Morgan fingerprint density at radius 2 is 1.20 bits per heavy atom. The number of imidazole rings is 2. The third-order valence-corrected chi connectivity index (χ3v) is 10.4. The highest BCUT2D eigenvalue weighted by atomic mass is 35.5. The predicted molar refractivity (Wildman–Crippen MR) is 210 cm³/mol. The molecule has 0 atom stereocenters. The van der Waals surface area contributed by atoms with Crippen molar-refractivity contribution in [3.05, 3.63) is 126 Å². The van der Waals surface area contributed by atoms with Gasteiger partial charge in [0.1, 0.15) is 24.2 Å². The summed E-state index contributed by atoms with van der Waals surface area (Å²) < 4.78 is 44.5. The number of aryl methyl sites for hydroxylation is 2. The van der Waals surface area contributed by atoms with Gasteiger partial charge in [-0.25, -0.2) is 18.7 Å². The van der Waals surface area contributed by atoms with Gasteiger partial charge >= 0.3 is 0 Å². The van der Waals surface area contributed by atoms with E-state index < -0.39 is 11.6 Å². The minimum atomic E-state index is -0.565. The number of aromatic nitrogens is 4. The number of carbonyl (C=O) groups excluding carboxylic acids is 2. The maximum Gasteiger partial charge on any atom is 0.188 e. The van der Waals surface area contributed by atoms with Gasteiger partial charge < -0.3 is 23.7 Å². The lowest BCUT2D eigenvalue weighted by atomic mass is 9.95. The number of hydrogen-bond donors (Lipinski definition) is 1. The number of rotatable bonds is 14. The molecular weight excluding hydrogens is 796 g/mol. The van der Waals surface area contributed by atoms with Crippen molar-refractivity contribution in [3.63, 3.8) is 0 Å². The molecule has 1 fully saturated rings. The van der Waals surface area contributed by atoms with Crippen molar-refractivity contribution in [2.75, 3.05) is 33.0 Å². The summed E-state index contributed by atoms with van der Waals surface area (Å²) in [4.78, 5) is 33.7. The second-order valence-electron chi connectivity index (χ2n) is 13.3. The number of carbonyl (C=O) groups is 2. The molecule has 15 heteroatoms. The molecule has 0 bridgehead atoms. The number of fused-ring (bicyclic) bond motifs is 2. The molecule has 1 aliphatic rings. The summed E-state index contributed by atoms with van der Waals surface area (Å²) in [6.45, 7) is 0.0715. The van der Waals surface area contributed by atoms with E-state index in [0.717, 1.165) is 12.8 Å². The van der Waals surface area contributed by atoms with Gasteiger partial charge in [0.15, 0.2) is 23.2 Å². The van der Waals surface area contributed by atoms with Gasteiger partial charge in [0.25, 0.3) is 0 Å². The molecule has 0 amide bonds. The molecule has 2 aromatic heterocycles. The number of hydrogen-bond acceptors (Lipinski definition) is 7. The van der Waals surface area contributed by atoms with Gasteiger partial charge in [0.2, 0.25) is 0 Å². The van der Waals surface area contributed by atoms with Crippen LogP contribution in [0.4, 0.5) is 8.78 Å². The highest BCUT2D eigenvalue weighted by molar-refractivity contribution is 6.35. The number of aliphatic hydroxyl groups excluding tert-OH is 1. The van der Waals surface area contributed by atoms with Crippen LogP contribution in [0.25, 0.3) is 22.1 Å². The Morgan fingerprint density at radius 3 is 1.62 bits per heavy atom. The zero-order valence-corrected chi connectivity index (χ0v) is 32.9. The first-order valence-corrected chi connectivity index (χ1v) is 18.8. The van der Waals surface area contributed by atoms with Crippen molar-refractivity contribution in [2.45, 2.75) is 25.7 Å². The maximum absolute atomic E-state index is 15.3. The summed E-state index contributed by atoms with van der Waals surface area (Å²) in [6.07, 6.45) is 5.58. The SMILES string of the molecule is Cn1cnc2c(F)c(Cc3ccc(Cl)cc3Cl)c(C(=O)COCC3CC3)cc21.Cn1cnc2c(F)c(Cc3ccc(Cl)cc3Cl)c(C(=O)COCCO)cc21. The van der Waals surface area contributed by atoms with E-state index in [2.05, 4.69) is 9.97 Å². The van der Waals surface area contributed by atoms with Gasteiger partial charge in [-0.05, 0) is 66.3 Å². The predicted octanol–water partition coefficient (Wildman–Crippen LogP) is 9.02. The zero-order valence-electron chi connectivity index (χ0n) is 29.9. The van der Waals surface area contributed by atoms with Gasteiger partial charge in [0, 0.05) is 69.3 Å². The van der Waals surface area contributed by atoms with E-state index in [0.29, 0.717) is 60.3 Å². The number of benzene rings is 4. The number of nitrogens with zero attached hydrogens (tertiary/aromatic N) is 4. The van der Waals surface area contributed by atoms with E-state index in [4.69, 9.17) is 61.0 Å². The monoisotopic (exact) mass is 830 g/mol. The Kier molecular flexibility index (Phi) is 13.2. The lowest BCUT2D eigenvalue weighted by molar-refractivity contribution is 0.0662. The summed E-state index contributed by atoms with van der Waals surface area (Å²) in [5.74, 6) is -1.15. The molecule has 7 rings (SSSR count). The molecule has 0 spiro atoms. The van der Waals surface area contributed by atoms with Crippen LogP contribution in [0.2, 0.25) is 20.1 Å². The normalized spacial score (nSPS) is 12.7. The van der Waals surface area contributed by atoms with Crippen molar-refractivity contribution in [2.24, 2.45) is 20.0 Å². The molecule has 1 N–H and O–H groups in total. The second kappa shape index (κ2) is 17.9. The van der Waals surface area contributed by atoms with Crippen LogP contribution in [0, 0.1) is 17.6 Å². The molecule has 6 aromatic rings. The minimum absolute atomic E-state index is 0.0283. The summed E-state index contributed by atoms with van der Waals surface area (Å²) in [7, 11) is 3.49. The molecule has 0 unspecified atom stereocenters. The Hall–Kier alpha value is -3.94. The fraction of sp³-hybridized carbons (Fsp3) is 0.300. The Balaban J connectivity index is 0.000000187. The Morgan fingerprint density at radius 1 is 0.745 bits per heavy atom. The number of Topliss-reactive ketones (excluding diaryl/α,β-unsaturated/α-hetero) is 2. The van der Waals surface area contributed by atoms with Crippen molar-refractivity contribution in [1.29, 1.82) is 0 Å². The van der Waals surface area contributed by atoms with Gasteiger partial charge in [-0.1, -0.05) is 58.5 Å². The van der Waals surface area contributed by atoms with Crippen LogP contribution in [0.3, 0.4) is 0 Å². The highest BCUT2D eigenvalue weighted by Gasteiger charge is 2.25. The zero-order chi connectivity index (χ0) is 39.4. The average Bonchev–Trinajstić information content (AvgIpc) is 3.79. The molecule has 1 aliphatic carbocycles. The molecule has 0 aliphatic heterocycles. The molecule has 288 valence electrons. The van der Waals surface area contributed by atoms with E-state index in [1.165, 1.54) is 12.7 Å². The van der Waals surface area contributed by atoms with E-state index in [-0.39, 0.29) is 78.6 Å². The summed E-state index contributed by atoms with van der Waals surface area (Å²) in [6, 6.07) is 13.3. The van der Waals surface area contributed by atoms with Crippen molar-refractivity contribution in [1.82, 2.24) is 19.1 Å². The number of halogens is 6. The van der Waals surface area contributed by atoms with Gasteiger partial charge in [-0.3, -0.25) is 9.59 Å². The van der Waals surface area contributed by atoms with Crippen molar-refractivity contribution in [3.8, 4) is 0 Å². The molecule has 0 saturated heterocycles. The average molecular weight is 833 g/mol. The molecular formula is C40H36Cl4F2N4O5. The first kappa shape index (κ1) is 40.7. The van der Waals surface area contributed by atoms with Gasteiger partial charge in [0.05, 0.1) is 43.5 Å². The standard InChI is InChI=1S/C21H19Cl2FN2O2.C19H17Cl2FN2O3/c1-26-11-25-21-18(26)8-15(19(27)10-28-9-12-2-3-12)16(20(21)24)6-13-4-5-14(22)7-17(13)23;1-24-10-23-19-16(24)8-13(17(26)9-27-5-4-25)14(18(19)22)6-11-2-3-12(20)7-15(11)21/h4-5,7-8,11-12H,2-3,6,9-10H2,1H3;2-3,7-8,10,25H,4-6,9H2,1H3. The Bertz CT molecular complexity index is 2400. The lowest BCUT2D eigenvalue weighted by Gasteiger charge is -2.13. The van der Waals surface area contributed by atoms with Crippen LogP contribution in [0.5, 0.6) is 0 Å². The second-order valence-corrected chi connectivity index (χ2v) is 15.0. The largest absolute Gasteiger partial charge is 0.394 e. The summed E-state index contributed by atoms with van der Waals surface area (Å²) >= 11 is 24.4. The van der Waals surface area contributed by atoms with Gasteiger partial charge in [-0.15, -0.1) is 0 Å². The number of ketones is 2. The number of aliphatic hydroxyl groups is 1. The molecule has 0 radical (unpaired) electrons. The van der Waals surface area contributed by atoms with Crippen molar-refractivity contribution < 1.29 is 33.0 Å². The minimum Gasteiger partial charge on any atom is -0.394 e.